The minimum Gasteiger partial charge on any atom is -0.488 e. The number of nitrogens with zero attached hydrogens (tertiary/aromatic N) is 3. The summed E-state index contributed by atoms with van der Waals surface area (Å²) in [6.07, 6.45) is 0.912. The molecule has 1 aliphatic heterocycles. The normalized spacial score (nSPS) is 14.0. The Balaban J connectivity index is 1.49. The van der Waals surface area contributed by atoms with Gasteiger partial charge in [-0.2, -0.15) is 0 Å². The van der Waals surface area contributed by atoms with Crippen LogP contribution in [0.3, 0.4) is 0 Å². The molecule has 1 N–H and O–H groups in total. The third-order valence-corrected chi connectivity index (χ3v) is 5.83. The van der Waals surface area contributed by atoms with Crippen LogP contribution in [0.4, 0.5) is 5.13 Å². The summed E-state index contributed by atoms with van der Waals surface area (Å²) >= 11 is 1.54. The standard InChI is InChI=1S/C20H22N4O3S/c1-12-15(13(2)27-23-12)11-26-17-7-5-4-6-14(17)19(25)22-20-21-16-8-9-24(3)10-18(16)28-20/h4-7H,8-11H2,1-3H3,(H,21,22,25). The fourth-order valence-corrected chi connectivity index (χ4v) is 4.26. The highest BCUT2D eigenvalue weighted by Crippen LogP contribution is 2.29. The highest BCUT2D eigenvalue weighted by molar-refractivity contribution is 7.15. The number of para-hydroxylation sites is 1. The van der Waals surface area contributed by atoms with Gasteiger partial charge in [-0.3, -0.25) is 10.1 Å². The average molecular weight is 398 g/mol. The number of hydrogen-bond acceptors (Lipinski definition) is 7. The third-order valence-electron chi connectivity index (χ3n) is 4.83. The van der Waals surface area contributed by atoms with Crippen molar-refractivity contribution in [2.24, 2.45) is 0 Å². The van der Waals surface area contributed by atoms with Crippen LogP contribution in [-0.2, 0) is 19.6 Å². The Hall–Kier alpha value is -2.71. The van der Waals surface area contributed by atoms with Crippen molar-refractivity contribution in [2.75, 3.05) is 18.9 Å². The number of nitrogens with one attached hydrogen (secondary N) is 1. The van der Waals surface area contributed by atoms with Crippen molar-refractivity contribution in [1.82, 2.24) is 15.0 Å². The second-order valence-electron chi connectivity index (χ2n) is 6.92. The molecule has 4 rings (SSSR count). The highest BCUT2D eigenvalue weighted by Gasteiger charge is 2.21. The van der Waals surface area contributed by atoms with Crippen molar-refractivity contribution >= 4 is 22.4 Å². The van der Waals surface area contributed by atoms with E-state index >= 15 is 0 Å². The number of anilines is 1. The monoisotopic (exact) mass is 398 g/mol. The zero-order chi connectivity index (χ0) is 19.7. The minimum absolute atomic E-state index is 0.228. The van der Waals surface area contributed by atoms with Crippen LogP contribution in [0.15, 0.2) is 28.8 Å². The summed E-state index contributed by atoms with van der Waals surface area (Å²) in [7, 11) is 2.09. The molecule has 1 amide bonds. The molecule has 28 heavy (non-hydrogen) atoms. The van der Waals surface area contributed by atoms with Crippen LogP contribution in [0.5, 0.6) is 5.75 Å². The lowest BCUT2D eigenvalue weighted by molar-refractivity contribution is 0.102. The van der Waals surface area contributed by atoms with Crippen LogP contribution in [-0.4, -0.2) is 34.5 Å². The summed E-state index contributed by atoms with van der Waals surface area (Å²) in [5, 5.41) is 7.49. The number of carbonyl (C=O) groups is 1. The summed E-state index contributed by atoms with van der Waals surface area (Å²) in [5.41, 5.74) is 3.24. The quantitative estimate of drug-likeness (QED) is 0.708. The number of rotatable bonds is 5. The molecule has 0 atom stereocenters. The van der Waals surface area contributed by atoms with Crippen molar-refractivity contribution in [3.63, 3.8) is 0 Å². The molecular formula is C20H22N4O3S. The van der Waals surface area contributed by atoms with E-state index in [1.165, 1.54) is 16.2 Å². The van der Waals surface area contributed by atoms with Crippen LogP contribution in [0.2, 0.25) is 0 Å². The Bertz CT molecular complexity index is 991. The first kappa shape index (κ1) is 18.6. The molecule has 0 saturated heterocycles. The SMILES string of the molecule is Cc1noc(C)c1COc1ccccc1C(=O)Nc1nc2c(s1)CN(C)CC2. The van der Waals surface area contributed by atoms with Gasteiger partial charge in [-0.05, 0) is 33.0 Å². The van der Waals surface area contributed by atoms with Gasteiger partial charge >= 0.3 is 0 Å². The lowest BCUT2D eigenvalue weighted by atomic mass is 10.2. The molecule has 0 spiro atoms. The zero-order valence-electron chi connectivity index (χ0n) is 16.1. The van der Waals surface area contributed by atoms with Gasteiger partial charge < -0.3 is 14.2 Å². The van der Waals surface area contributed by atoms with Crippen LogP contribution in [0, 0.1) is 13.8 Å². The molecule has 3 aromatic rings. The maximum atomic E-state index is 12.8. The minimum atomic E-state index is -0.228. The summed E-state index contributed by atoms with van der Waals surface area (Å²) in [6, 6.07) is 7.20. The first-order valence-corrected chi connectivity index (χ1v) is 9.95. The molecule has 8 heteroatoms. The molecule has 0 fully saturated rings. The number of hydrogen-bond donors (Lipinski definition) is 1. The molecule has 0 aliphatic carbocycles. The van der Waals surface area contributed by atoms with E-state index in [1.54, 1.807) is 12.1 Å². The van der Waals surface area contributed by atoms with E-state index in [1.807, 2.05) is 26.0 Å². The number of fused-ring (bicyclic) bond motifs is 1. The number of amides is 1. The Morgan fingerprint density at radius 2 is 2.18 bits per heavy atom. The predicted octanol–water partition coefficient (Wildman–Crippen LogP) is 3.57. The fourth-order valence-electron chi connectivity index (χ4n) is 3.18. The summed E-state index contributed by atoms with van der Waals surface area (Å²) in [5.74, 6) is 1.01. The summed E-state index contributed by atoms with van der Waals surface area (Å²) in [4.78, 5) is 20.9. The molecule has 146 valence electrons. The molecule has 0 bridgehead atoms. The van der Waals surface area contributed by atoms with E-state index in [-0.39, 0.29) is 5.91 Å². The molecular weight excluding hydrogens is 376 g/mol. The maximum absolute atomic E-state index is 12.8. The van der Waals surface area contributed by atoms with Gasteiger partial charge in [0.2, 0.25) is 0 Å². The topological polar surface area (TPSA) is 80.5 Å². The molecule has 1 aliphatic rings. The van der Waals surface area contributed by atoms with E-state index in [0.717, 1.165) is 42.2 Å². The average Bonchev–Trinajstić information content (AvgIpc) is 3.22. The first-order valence-electron chi connectivity index (χ1n) is 9.13. The van der Waals surface area contributed by atoms with Crippen LogP contribution < -0.4 is 10.1 Å². The third kappa shape index (κ3) is 3.79. The Morgan fingerprint density at radius 1 is 1.36 bits per heavy atom. The van der Waals surface area contributed by atoms with Gasteiger partial charge in [0.1, 0.15) is 18.1 Å². The maximum Gasteiger partial charge on any atom is 0.261 e. The highest BCUT2D eigenvalue weighted by atomic mass is 32.1. The number of benzene rings is 1. The molecule has 0 radical (unpaired) electrons. The van der Waals surface area contributed by atoms with Gasteiger partial charge in [0.25, 0.3) is 5.91 Å². The molecule has 7 nitrogen and oxygen atoms in total. The number of likely N-dealkylation sites (N-methyl/N-ethyl adjacent to an activating group) is 1. The number of carbonyl (C=O) groups excluding carboxylic acids is 1. The largest absolute Gasteiger partial charge is 0.488 e. The smallest absolute Gasteiger partial charge is 0.261 e. The lowest BCUT2D eigenvalue weighted by Crippen LogP contribution is -2.25. The molecule has 1 aromatic carbocycles. The van der Waals surface area contributed by atoms with Crippen LogP contribution in [0.25, 0.3) is 0 Å². The number of aryl methyl sites for hydroxylation is 2. The van der Waals surface area contributed by atoms with Crippen molar-refractivity contribution < 1.29 is 14.1 Å². The number of ether oxygens (including phenoxy) is 1. The Kier molecular flexibility index (Phi) is 5.15. The van der Waals surface area contributed by atoms with E-state index in [0.29, 0.717) is 23.1 Å². The fraction of sp³-hybridized carbons (Fsp3) is 0.350. The molecule has 3 heterocycles. The zero-order valence-corrected chi connectivity index (χ0v) is 16.9. The van der Waals surface area contributed by atoms with Gasteiger partial charge in [0, 0.05) is 24.4 Å². The Morgan fingerprint density at radius 3 is 2.96 bits per heavy atom. The van der Waals surface area contributed by atoms with Gasteiger partial charge in [-0.15, -0.1) is 11.3 Å². The van der Waals surface area contributed by atoms with Gasteiger partial charge in [-0.25, -0.2) is 4.98 Å². The van der Waals surface area contributed by atoms with E-state index in [9.17, 15) is 4.79 Å². The number of thiazole rings is 1. The van der Waals surface area contributed by atoms with Crippen LogP contribution >= 0.6 is 11.3 Å². The predicted molar refractivity (Wildman–Crippen MR) is 107 cm³/mol. The van der Waals surface area contributed by atoms with Gasteiger partial charge in [-0.1, -0.05) is 17.3 Å². The molecule has 0 saturated carbocycles. The van der Waals surface area contributed by atoms with E-state index < -0.39 is 0 Å². The second-order valence-corrected chi connectivity index (χ2v) is 8.00. The number of aromatic nitrogens is 2. The van der Waals surface area contributed by atoms with Gasteiger partial charge in [0.15, 0.2) is 5.13 Å². The molecule has 0 unspecified atom stereocenters. The second kappa shape index (κ2) is 7.73. The van der Waals surface area contributed by atoms with E-state index in [4.69, 9.17) is 9.26 Å². The van der Waals surface area contributed by atoms with Crippen molar-refractivity contribution in [2.45, 2.75) is 33.4 Å². The van der Waals surface area contributed by atoms with Gasteiger partial charge in [0.05, 0.1) is 22.5 Å². The summed E-state index contributed by atoms with van der Waals surface area (Å²) in [6.45, 7) is 5.88. The van der Waals surface area contributed by atoms with Crippen molar-refractivity contribution in [1.29, 1.82) is 0 Å². The Labute approximate surface area is 167 Å². The van der Waals surface area contributed by atoms with Crippen LogP contribution in [0.1, 0.15) is 37.9 Å². The van der Waals surface area contributed by atoms with Crippen molar-refractivity contribution in [3.8, 4) is 5.75 Å². The summed E-state index contributed by atoms with van der Waals surface area (Å²) < 4.78 is 11.1. The van der Waals surface area contributed by atoms with E-state index in [2.05, 4.69) is 27.4 Å². The molecule has 2 aromatic heterocycles. The van der Waals surface area contributed by atoms with Crippen molar-refractivity contribution in [3.05, 3.63) is 57.4 Å². The first-order chi connectivity index (χ1) is 13.5. The lowest BCUT2D eigenvalue weighted by Gasteiger charge is -2.20.